The van der Waals surface area contributed by atoms with Crippen LogP contribution in [0.5, 0.6) is 0 Å². The molecule has 1 fully saturated rings. The zero-order valence-electron chi connectivity index (χ0n) is 10.8. The lowest BCUT2D eigenvalue weighted by Gasteiger charge is -2.32. The van der Waals surface area contributed by atoms with Gasteiger partial charge in [0.2, 0.25) is 0 Å². The highest BCUT2D eigenvalue weighted by Gasteiger charge is 2.24. The third-order valence-corrected chi connectivity index (χ3v) is 3.77. The Labute approximate surface area is 129 Å². The Balaban J connectivity index is 0.00000144. The number of anilines is 1. The van der Waals surface area contributed by atoms with E-state index in [1.165, 1.54) is 30.5 Å². The van der Waals surface area contributed by atoms with Crippen molar-refractivity contribution in [2.75, 3.05) is 44.7 Å². The Bertz CT molecular complexity index is 331. The highest BCUT2D eigenvalue weighted by Crippen LogP contribution is 2.15. The number of aromatic nitrogens is 1. The normalized spacial score (nSPS) is 23.6. The van der Waals surface area contributed by atoms with Crippen molar-refractivity contribution in [1.29, 1.82) is 0 Å². The van der Waals surface area contributed by atoms with Crippen LogP contribution in [0.2, 0.25) is 0 Å². The van der Waals surface area contributed by atoms with Gasteiger partial charge in [-0.2, -0.15) is 0 Å². The van der Waals surface area contributed by atoms with Crippen LogP contribution in [0.15, 0.2) is 24.4 Å². The lowest BCUT2D eigenvalue weighted by atomic mass is 10.3. The van der Waals surface area contributed by atoms with Gasteiger partial charge in [-0.3, -0.25) is 0 Å². The van der Waals surface area contributed by atoms with Crippen molar-refractivity contribution in [3.05, 3.63) is 24.4 Å². The van der Waals surface area contributed by atoms with Crippen molar-refractivity contribution in [2.24, 2.45) is 0 Å². The zero-order valence-corrected chi connectivity index (χ0v) is 12.9. The molecular weight excluding hydrogens is 337 g/mol. The highest BCUT2D eigenvalue weighted by molar-refractivity contribution is 5.37. The SMILES string of the molecule is C.CC[N+]1(C)CCCN(c2ccccn2)CC1.[I-]. The first kappa shape index (κ1) is 17.6. The Hall–Kier alpha value is -0.360. The summed E-state index contributed by atoms with van der Waals surface area (Å²) in [7, 11) is 2.36. The van der Waals surface area contributed by atoms with E-state index in [4.69, 9.17) is 0 Å². The van der Waals surface area contributed by atoms with E-state index in [9.17, 15) is 0 Å². The molecular formula is C14H26IN3. The first-order valence-corrected chi connectivity index (χ1v) is 6.23. The minimum atomic E-state index is 0. The first-order chi connectivity index (χ1) is 7.73. The molecule has 0 N–H and O–H groups in total. The first-order valence-electron chi connectivity index (χ1n) is 6.23. The molecule has 0 spiro atoms. The maximum atomic E-state index is 4.44. The molecule has 18 heavy (non-hydrogen) atoms. The van der Waals surface area contributed by atoms with Crippen LogP contribution in [0.1, 0.15) is 20.8 Å². The van der Waals surface area contributed by atoms with Crippen LogP contribution in [-0.2, 0) is 0 Å². The van der Waals surface area contributed by atoms with Crippen LogP contribution in [0.25, 0.3) is 0 Å². The molecule has 1 aromatic heterocycles. The Kier molecular flexibility index (Phi) is 7.78. The predicted molar refractivity (Wildman–Crippen MR) is 74.3 cm³/mol. The minimum absolute atomic E-state index is 0. The molecule has 2 rings (SSSR count). The molecule has 4 heteroatoms. The number of rotatable bonds is 2. The number of pyridine rings is 1. The molecule has 1 unspecified atom stereocenters. The molecule has 1 aliphatic rings. The number of nitrogens with zero attached hydrogens (tertiary/aromatic N) is 3. The van der Waals surface area contributed by atoms with E-state index in [1.54, 1.807) is 0 Å². The van der Waals surface area contributed by atoms with Crippen LogP contribution in [0.4, 0.5) is 5.82 Å². The monoisotopic (exact) mass is 363 g/mol. The van der Waals surface area contributed by atoms with Crippen molar-refractivity contribution < 1.29 is 28.5 Å². The fourth-order valence-corrected chi connectivity index (χ4v) is 2.32. The maximum Gasteiger partial charge on any atom is 0.128 e. The second kappa shape index (κ2) is 7.94. The van der Waals surface area contributed by atoms with Gasteiger partial charge in [0.25, 0.3) is 0 Å². The van der Waals surface area contributed by atoms with E-state index in [2.05, 4.69) is 36.0 Å². The summed E-state index contributed by atoms with van der Waals surface area (Å²) >= 11 is 0. The second-order valence-corrected chi connectivity index (χ2v) is 4.91. The summed E-state index contributed by atoms with van der Waals surface area (Å²) in [4.78, 5) is 6.85. The van der Waals surface area contributed by atoms with E-state index >= 15 is 0 Å². The molecule has 3 nitrogen and oxygen atoms in total. The summed E-state index contributed by atoms with van der Waals surface area (Å²) in [6, 6.07) is 6.16. The molecule has 0 amide bonds. The van der Waals surface area contributed by atoms with Crippen LogP contribution >= 0.6 is 0 Å². The standard InChI is InChI=1S/C13H22N3.CH4.HI/c1-3-16(2)11-6-9-15(10-12-16)13-7-4-5-8-14-13;;/h4-5,7-8H,3,6,9-12H2,1-2H3;1H4;1H/q+1;;/p-1. The number of likely N-dealkylation sites (N-methyl/N-ethyl adjacent to an activating group) is 1. The van der Waals surface area contributed by atoms with Crippen molar-refractivity contribution in [1.82, 2.24) is 4.98 Å². The predicted octanol–water partition coefficient (Wildman–Crippen LogP) is -0.602. The summed E-state index contributed by atoms with van der Waals surface area (Å²) in [6.45, 7) is 8.31. The fraction of sp³-hybridized carbons (Fsp3) is 0.643. The maximum absolute atomic E-state index is 4.44. The summed E-state index contributed by atoms with van der Waals surface area (Å²) in [5, 5.41) is 0. The molecule has 1 saturated heterocycles. The molecule has 1 aromatic rings. The Morgan fingerprint density at radius 3 is 2.67 bits per heavy atom. The van der Waals surface area contributed by atoms with Crippen molar-refractivity contribution in [3.8, 4) is 0 Å². The number of hydrogen-bond donors (Lipinski definition) is 0. The van der Waals surface area contributed by atoms with Gasteiger partial charge < -0.3 is 33.4 Å². The second-order valence-electron chi connectivity index (χ2n) is 4.91. The van der Waals surface area contributed by atoms with Crippen molar-refractivity contribution in [2.45, 2.75) is 20.8 Å². The lowest BCUT2D eigenvalue weighted by Crippen LogP contribution is -3.00. The Morgan fingerprint density at radius 2 is 2.06 bits per heavy atom. The molecule has 1 aliphatic heterocycles. The molecule has 104 valence electrons. The summed E-state index contributed by atoms with van der Waals surface area (Å²) in [5.41, 5.74) is 0. The fourth-order valence-electron chi connectivity index (χ4n) is 2.32. The van der Waals surface area contributed by atoms with E-state index in [-0.39, 0.29) is 31.4 Å². The molecule has 0 saturated carbocycles. The average Bonchev–Trinajstić information content (AvgIpc) is 2.53. The number of hydrogen-bond acceptors (Lipinski definition) is 2. The van der Waals surface area contributed by atoms with Crippen LogP contribution < -0.4 is 28.9 Å². The van der Waals surface area contributed by atoms with Gasteiger partial charge in [0.05, 0.1) is 33.2 Å². The van der Waals surface area contributed by atoms with Gasteiger partial charge in [-0.1, -0.05) is 13.5 Å². The van der Waals surface area contributed by atoms with Crippen molar-refractivity contribution >= 4 is 5.82 Å². The number of quaternary nitrogens is 1. The van der Waals surface area contributed by atoms with Gasteiger partial charge in [-0.15, -0.1) is 0 Å². The van der Waals surface area contributed by atoms with Gasteiger partial charge in [0, 0.05) is 19.2 Å². The molecule has 0 aliphatic carbocycles. The van der Waals surface area contributed by atoms with Gasteiger partial charge in [0.1, 0.15) is 5.82 Å². The highest BCUT2D eigenvalue weighted by atomic mass is 127. The summed E-state index contributed by atoms with van der Waals surface area (Å²) in [5.74, 6) is 1.13. The smallest absolute Gasteiger partial charge is 0.128 e. The molecule has 0 aromatic carbocycles. The average molecular weight is 363 g/mol. The number of halogens is 1. The summed E-state index contributed by atoms with van der Waals surface area (Å²) in [6.07, 6.45) is 3.15. The van der Waals surface area contributed by atoms with E-state index in [0.717, 1.165) is 18.9 Å². The van der Waals surface area contributed by atoms with Gasteiger partial charge in [-0.25, -0.2) is 4.98 Å². The van der Waals surface area contributed by atoms with Crippen LogP contribution in [-0.4, -0.2) is 49.2 Å². The Morgan fingerprint density at radius 1 is 1.28 bits per heavy atom. The minimum Gasteiger partial charge on any atom is -1.00 e. The third kappa shape index (κ3) is 4.39. The third-order valence-electron chi connectivity index (χ3n) is 3.77. The van der Waals surface area contributed by atoms with Crippen LogP contribution in [0, 0.1) is 0 Å². The van der Waals surface area contributed by atoms with Crippen LogP contribution in [0.3, 0.4) is 0 Å². The van der Waals surface area contributed by atoms with E-state index < -0.39 is 0 Å². The zero-order chi connectivity index (χ0) is 11.4. The largest absolute Gasteiger partial charge is 1.00 e. The lowest BCUT2D eigenvalue weighted by molar-refractivity contribution is -0.905. The van der Waals surface area contributed by atoms with Gasteiger partial charge in [0.15, 0.2) is 0 Å². The molecule has 2 heterocycles. The van der Waals surface area contributed by atoms with Gasteiger partial charge in [-0.05, 0) is 19.1 Å². The molecule has 0 bridgehead atoms. The molecule has 0 radical (unpaired) electrons. The van der Waals surface area contributed by atoms with E-state index in [0.29, 0.717) is 0 Å². The van der Waals surface area contributed by atoms with E-state index in [1.807, 2.05) is 12.3 Å². The molecule has 1 atom stereocenters. The van der Waals surface area contributed by atoms with Gasteiger partial charge >= 0.3 is 0 Å². The van der Waals surface area contributed by atoms with Crippen molar-refractivity contribution in [3.63, 3.8) is 0 Å². The summed E-state index contributed by atoms with van der Waals surface area (Å²) < 4.78 is 1.20. The topological polar surface area (TPSA) is 16.1 Å². The quantitative estimate of drug-likeness (QED) is 0.515.